The number of hydrogen-bond donors (Lipinski definition) is 2. The minimum absolute atomic E-state index is 0.177. The van der Waals surface area contributed by atoms with Crippen molar-refractivity contribution in [2.75, 3.05) is 11.9 Å². The first-order valence-corrected chi connectivity index (χ1v) is 7.82. The lowest BCUT2D eigenvalue weighted by molar-refractivity contribution is -0.119. The summed E-state index contributed by atoms with van der Waals surface area (Å²) < 4.78 is 0. The van der Waals surface area contributed by atoms with Crippen LogP contribution in [0.5, 0.6) is 0 Å². The molecule has 0 atom stereocenters. The normalized spacial score (nSPS) is 10.9. The molecule has 0 heterocycles. The van der Waals surface area contributed by atoms with Crippen LogP contribution in [0, 0.1) is 6.92 Å². The number of hydrogen-bond acceptors (Lipinski definition) is 3. The number of benzene rings is 3. The molecule has 0 aliphatic rings. The molecule has 3 aromatic rings. The summed E-state index contributed by atoms with van der Waals surface area (Å²) in [4.78, 5) is 11.9. The average Bonchev–Trinajstić information content (AvgIpc) is 2.60. The van der Waals surface area contributed by atoms with Gasteiger partial charge in [-0.2, -0.15) is 5.10 Å². The number of fused-ring (bicyclic) bond motifs is 1. The van der Waals surface area contributed by atoms with Crippen LogP contribution < -0.4 is 10.7 Å². The number of carbonyl (C=O) groups excluding carboxylic acids is 1. The second kappa shape index (κ2) is 7.42. The predicted molar refractivity (Wildman–Crippen MR) is 99.4 cm³/mol. The summed E-state index contributed by atoms with van der Waals surface area (Å²) in [6.07, 6.45) is 1.67. The smallest absolute Gasteiger partial charge is 0.259 e. The molecule has 3 aromatic carbocycles. The second-order valence-corrected chi connectivity index (χ2v) is 5.58. The summed E-state index contributed by atoms with van der Waals surface area (Å²) in [5, 5.41) is 9.39. The van der Waals surface area contributed by atoms with E-state index in [2.05, 4.69) is 28.0 Å². The van der Waals surface area contributed by atoms with Crippen molar-refractivity contribution in [1.82, 2.24) is 5.43 Å². The van der Waals surface area contributed by atoms with Gasteiger partial charge < -0.3 is 5.32 Å². The van der Waals surface area contributed by atoms with Gasteiger partial charge in [-0.05, 0) is 35.4 Å². The van der Waals surface area contributed by atoms with E-state index in [9.17, 15) is 4.79 Å². The van der Waals surface area contributed by atoms with E-state index in [1.165, 1.54) is 0 Å². The Bertz CT molecular complexity index is 881. The maximum Gasteiger partial charge on any atom is 0.259 e. The van der Waals surface area contributed by atoms with Crippen molar-refractivity contribution in [3.63, 3.8) is 0 Å². The third-order valence-electron chi connectivity index (χ3n) is 3.69. The van der Waals surface area contributed by atoms with E-state index in [4.69, 9.17) is 0 Å². The molecule has 0 radical (unpaired) electrons. The number of amides is 1. The standard InChI is InChI=1S/C20H19N3O/c1-15-6-4-10-18(12-15)21-14-20(24)23-22-13-17-9-5-8-16-7-2-3-11-19(16)17/h2-13,21H,14H2,1H3,(H,23,24)/b22-13+. The van der Waals surface area contributed by atoms with Crippen LogP contribution in [0.1, 0.15) is 11.1 Å². The Morgan fingerprint density at radius 3 is 2.71 bits per heavy atom. The van der Waals surface area contributed by atoms with Gasteiger partial charge in [-0.1, -0.05) is 54.6 Å². The fourth-order valence-corrected chi connectivity index (χ4v) is 2.51. The Kier molecular flexibility index (Phi) is 4.87. The Labute approximate surface area is 141 Å². The quantitative estimate of drug-likeness (QED) is 0.557. The molecular formula is C20H19N3O. The van der Waals surface area contributed by atoms with Crippen molar-refractivity contribution in [2.45, 2.75) is 6.92 Å². The van der Waals surface area contributed by atoms with Gasteiger partial charge in [0.2, 0.25) is 0 Å². The molecule has 2 N–H and O–H groups in total. The van der Waals surface area contributed by atoms with Crippen molar-refractivity contribution < 1.29 is 4.79 Å². The number of nitrogens with zero attached hydrogens (tertiary/aromatic N) is 1. The molecule has 0 saturated heterocycles. The van der Waals surface area contributed by atoms with Crippen molar-refractivity contribution in [3.05, 3.63) is 77.9 Å². The predicted octanol–water partition coefficient (Wildman–Crippen LogP) is 3.71. The van der Waals surface area contributed by atoms with Gasteiger partial charge in [0.15, 0.2) is 0 Å². The molecule has 0 fully saturated rings. The van der Waals surface area contributed by atoms with Gasteiger partial charge in [0, 0.05) is 11.3 Å². The van der Waals surface area contributed by atoms with Crippen LogP contribution in [0.3, 0.4) is 0 Å². The number of aryl methyl sites for hydroxylation is 1. The van der Waals surface area contributed by atoms with E-state index in [0.29, 0.717) is 0 Å². The molecule has 0 aliphatic heterocycles. The number of nitrogens with one attached hydrogen (secondary N) is 2. The van der Waals surface area contributed by atoms with Crippen LogP contribution in [-0.4, -0.2) is 18.7 Å². The highest BCUT2D eigenvalue weighted by molar-refractivity contribution is 6.00. The van der Waals surface area contributed by atoms with Crippen molar-refractivity contribution in [2.24, 2.45) is 5.10 Å². The molecule has 0 bridgehead atoms. The lowest BCUT2D eigenvalue weighted by Crippen LogP contribution is -2.25. The molecule has 0 aliphatic carbocycles. The van der Waals surface area contributed by atoms with Gasteiger partial charge in [-0.3, -0.25) is 4.79 Å². The highest BCUT2D eigenvalue weighted by Crippen LogP contribution is 2.16. The summed E-state index contributed by atoms with van der Waals surface area (Å²) in [6, 6.07) is 22.0. The van der Waals surface area contributed by atoms with E-state index in [1.807, 2.05) is 61.5 Å². The maximum absolute atomic E-state index is 11.9. The lowest BCUT2D eigenvalue weighted by atomic mass is 10.1. The Hall–Kier alpha value is -3.14. The van der Waals surface area contributed by atoms with Crippen LogP contribution >= 0.6 is 0 Å². The zero-order valence-corrected chi connectivity index (χ0v) is 13.5. The minimum atomic E-state index is -0.187. The summed E-state index contributed by atoms with van der Waals surface area (Å²) in [6.45, 7) is 2.19. The molecule has 1 amide bonds. The average molecular weight is 317 g/mol. The lowest BCUT2D eigenvalue weighted by Gasteiger charge is -2.06. The van der Waals surface area contributed by atoms with Crippen molar-refractivity contribution >= 4 is 28.6 Å². The van der Waals surface area contributed by atoms with Gasteiger partial charge in [0.25, 0.3) is 5.91 Å². The molecule has 0 unspecified atom stereocenters. The highest BCUT2D eigenvalue weighted by Gasteiger charge is 2.00. The first kappa shape index (κ1) is 15.7. The second-order valence-electron chi connectivity index (χ2n) is 5.58. The topological polar surface area (TPSA) is 53.5 Å². The zero-order valence-electron chi connectivity index (χ0n) is 13.5. The van der Waals surface area contributed by atoms with Gasteiger partial charge in [-0.25, -0.2) is 5.43 Å². The molecular weight excluding hydrogens is 298 g/mol. The molecule has 120 valence electrons. The highest BCUT2D eigenvalue weighted by atomic mass is 16.2. The van der Waals surface area contributed by atoms with Crippen molar-refractivity contribution in [1.29, 1.82) is 0 Å². The maximum atomic E-state index is 11.9. The molecule has 0 spiro atoms. The monoisotopic (exact) mass is 317 g/mol. The number of rotatable bonds is 5. The van der Waals surface area contributed by atoms with E-state index < -0.39 is 0 Å². The third kappa shape index (κ3) is 3.98. The van der Waals surface area contributed by atoms with E-state index in [-0.39, 0.29) is 12.5 Å². The van der Waals surface area contributed by atoms with E-state index in [1.54, 1.807) is 6.21 Å². The summed E-state index contributed by atoms with van der Waals surface area (Å²) in [5.74, 6) is -0.187. The first-order valence-electron chi connectivity index (χ1n) is 7.82. The number of hydrazone groups is 1. The molecule has 4 nitrogen and oxygen atoms in total. The van der Waals surface area contributed by atoms with Crippen LogP contribution in [0.15, 0.2) is 71.8 Å². The van der Waals surface area contributed by atoms with Crippen LogP contribution in [0.4, 0.5) is 5.69 Å². The Morgan fingerprint density at radius 1 is 1.04 bits per heavy atom. The van der Waals surface area contributed by atoms with Crippen LogP contribution in [0.2, 0.25) is 0 Å². The van der Waals surface area contributed by atoms with Gasteiger partial charge >= 0.3 is 0 Å². The minimum Gasteiger partial charge on any atom is -0.376 e. The van der Waals surface area contributed by atoms with Gasteiger partial charge in [-0.15, -0.1) is 0 Å². The third-order valence-corrected chi connectivity index (χ3v) is 3.69. The zero-order chi connectivity index (χ0) is 16.8. The SMILES string of the molecule is Cc1cccc(NCC(=O)N/N=C/c2cccc3ccccc23)c1. The Morgan fingerprint density at radius 2 is 1.83 bits per heavy atom. The summed E-state index contributed by atoms with van der Waals surface area (Å²) >= 11 is 0. The fourth-order valence-electron chi connectivity index (χ4n) is 2.51. The van der Waals surface area contributed by atoms with Gasteiger partial charge in [0.1, 0.15) is 0 Å². The van der Waals surface area contributed by atoms with Crippen LogP contribution in [0.25, 0.3) is 10.8 Å². The Balaban J connectivity index is 1.58. The number of carbonyl (C=O) groups is 1. The van der Waals surface area contributed by atoms with Crippen LogP contribution in [-0.2, 0) is 4.79 Å². The largest absolute Gasteiger partial charge is 0.376 e. The first-order chi connectivity index (χ1) is 11.7. The van der Waals surface area contributed by atoms with E-state index >= 15 is 0 Å². The molecule has 0 saturated carbocycles. The number of anilines is 1. The van der Waals surface area contributed by atoms with E-state index in [0.717, 1.165) is 27.6 Å². The molecule has 4 heteroatoms. The fraction of sp³-hybridized carbons (Fsp3) is 0.100. The summed E-state index contributed by atoms with van der Waals surface area (Å²) in [7, 11) is 0. The van der Waals surface area contributed by atoms with Crippen molar-refractivity contribution in [3.8, 4) is 0 Å². The molecule has 3 rings (SSSR count). The summed E-state index contributed by atoms with van der Waals surface area (Å²) in [5.41, 5.74) is 5.59. The van der Waals surface area contributed by atoms with Gasteiger partial charge in [0.05, 0.1) is 12.8 Å². The molecule has 0 aromatic heterocycles. The molecule has 24 heavy (non-hydrogen) atoms.